The molecule has 1 aliphatic rings. The maximum atomic E-state index is 13.4. The molecule has 1 amide bonds. The Hall–Kier alpha value is -3.49. The van der Waals surface area contributed by atoms with E-state index in [9.17, 15) is 14.0 Å². The summed E-state index contributed by atoms with van der Waals surface area (Å²) in [4.78, 5) is 32.9. The van der Waals surface area contributed by atoms with E-state index in [4.69, 9.17) is 4.74 Å². The standard InChI is InChI=1S/C20H33N3O2.C10H11FN2.C4H8O.C2H6/c1-7-8-17-15(3)21-10-9-18(17)23-12-14(2)11-16(13-23)22-19(24)25-20(4,5)6;1-3-8-4-9(11)10-12-7(2)5-13(10)6-8;1-3-4(2)5;1-2/h9-10,14,16H,7-8,11-13H2,1-6H3,(H,22,24);4-6H,3H2,1-2H3;3H2,1-2H3;1-2H3. The number of aryl methyl sites for hydroxylation is 3. The Morgan fingerprint density at radius 2 is 1.76 bits per heavy atom. The van der Waals surface area contributed by atoms with Gasteiger partial charge in [-0.25, -0.2) is 14.2 Å². The van der Waals surface area contributed by atoms with Gasteiger partial charge in [0.15, 0.2) is 11.5 Å². The van der Waals surface area contributed by atoms with Crippen molar-refractivity contribution < 1.29 is 18.7 Å². The molecular formula is C36H58FN5O3. The minimum atomic E-state index is -0.472. The van der Waals surface area contributed by atoms with Crippen molar-refractivity contribution in [1.82, 2.24) is 19.7 Å². The first-order valence-corrected chi connectivity index (χ1v) is 16.5. The number of carbonyl (C=O) groups excluding carboxylic acids is 2. The Labute approximate surface area is 271 Å². The number of ether oxygens (including phenoxy) is 1. The average molecular weight is 628 g/mol. The quantitative estimate of drug-likeness (QED) is 0.295. The van der Waals surface area contributed by atoms with E-state index in [2.05, 4.69) is 47.0 Å². The zero-order chi connectivity index (χ0) is 34.3. The van der Waals surface area contributed by atoms with Crippen molar-refractivity contribution in [3.63, 3.8) is 0 Å². The summed E-state index contributed by atoms with van der Waals surface area (Å²) >= 11 is 0. The Bertz CT molecular complexity index is 1350. The Kier molecular flexibility index (Phi) is 16.8. The van der Waals surface area contributed by atoms with Crippen LogP contribution in [0.3, 0.4) is 0 Å². The number of anilines is 1. The molecule has 2 unspecified atom stereocenters. The fourth-order valence-electron chi connectivity index (χ4n) is 4.99. The summed E-state index contributed by atoms with van der Waals surface area (Å²) < 4.78 is 20.5. The number of ketones is 1. The van der Waals surface area contributed by atoms with E-state index in [1.165, 1.54) is 11.3 Å². The molecule has 4 heterocycles. The number of aromatic nitrogens is 3. The molecule has 2 atom stereocenters. The third kappa shape index (κ3) is 13.6. The van der Waals surface area contributed by atoms with Gasteiger partial charge in [-0.1, -0.05) is 48.0 Å². The van der Waals surface area contributed by atoms with Gasteiger partial charge in [0.25, 0.3) is 0 Å². The Balaban J connectivity index is 0.000000419. The molecule has 3 aromatic heterocycles. The molecule has 4 rings (SSSR count). The first-order valence-electron chi connectivity index (χ1n) is 16.5. The van der Waals surface area contributed by atoms with Gasteiger partial charge in [0.1, 0.15) is 11.4 Å². The lowest BCUT2D eigenvalue weighted by Crippen LogP contribution is -2.51. The molecule has 0 spiro atoms. The molecule has 0 aromatic carbocycles. The number of alkyl carbamates (subject to hydrolysis) is 1. The highest BCUT2D eigenvalue weighted by Gasteiger charge is 2.29. The fraction of sp³-hybridized carbons (Fsp3) is 0.611. The molecule has 0 aliphatic carbocycles. The van der Waals surface area contributed by atoms with Gasteiger partial charge < -0.3 is 24.1 Å². The van der Waals surface area contributed by atoms with Crippen LogP contribution in [0.25, 0.3) is 5.65 Å². The van der Waals surface area contributed by atoms with E-state index in [0.29, 0.717) is 18.0 Å². The second kappa shape index (κ2) is 19.1. The van der Waals surface area contributed by atoms with Crippen LogP contribution in [0.5, 0.6) is 0 Å². The number of nitrogens with one attached hydrogen (secondary N) is 1. The maximum absolute atomic E-state index is 13.4. The van der Waals surface area contributed by atoms with E-state index < -0.39 is 5.60 Å². The minimum Gasteiger partial charge on any atom is -0.444 e. The lowest BCUT2D eigenvalue weighted by atomic mass is 9.94. The Morgan fingerprint density at radius 3 is 2.31 bits per heavy atom. The zero-order valence-electron chi connectivity index (χ0n) is 29.9. The van der Waals surface area contributed by atoms with Crippen molar-refractivity contribution in [1.29, 1.82) is 0 Å². The van der Waals surface area contributed by atoms with E-state index in [1.807, 2.05) is 74.0 Å². The number of amides is 1. The van der Waals surface area contributed by atoms with Crippen molar-refractivity contribution in [2.45, 2.75) is 127 Å². The van der Waals surface area contributed by atoms with E-state index in [-0.39, 0.29) is 23.7 Å². The number of fused-ring (bicyclic) bond motifs is 1. The van der Waals surface area contributed by atoms with Gasteiger partial charge in [0, 0.05) is 55.5 Å². The second-order valence-electron chi connectivity index (χ2n) is 12.5. The summed E-state index contributed by atoms with van der Waals surface area (Å²) in [7, 11) is 0. The monoisotopic (exact) mass is 627 g/mol. The highest BCUT2D eigenvalue weighted by molar-refractivity contribution is 5.74. The number of halogens is 1. The van der Waals surface area contributed by atoms with E-state index >= 15 is 0 Å². The van der Waals surface area contributed by atoms with Crippen molar-refractivity contribution in [3.8, 4) is 0 Å². The van der Waals surface area contributed by atoms with E-state index in [0.717, 1.165) is 55.7 Å². The van der Waals surface area contributed by atoms with Crippen molar-refractivity contribution >= 4 is 23.2 Å². The molecule has 252 valence electrons. The van der Waals surface area contributed by atoms with Crippen LogP contribution in [0, 0.1) is 25.6 Å². The number of Topliss-reactive ketones (excluding diaryl/α,β-unsaturated/α-hetero) is 1. The topological polar surface area (TPSA) is 88.8 Å². The van der Waals surface area contributed by atoms with Crippen LogP contribution in [0.1, 0.15) is 111 Å². The largest absolute Gasteiger partial charge is 0.444 e. The van der Waals surface area contributed by atoms with Crippen LogP contribution < -0.4 is 10.2 Å². The molecule has 8 nitrogen and oxygen atoms in total. The minimum absolute atomic E-state index is 0.0987. The highest BCUT2D eigenvalue weighted by Crippen LogP contribution is 2.28. The Morgan fingerprint density at radius 1 is 1.11 bits per heavy atom. The van der Waals surface area contributed by atoms with Crippen LogP contribution >= 0.6 is 0 Å². The molecule has 1 N–H and O–H groups in total. The SMILES string of the molecule is CC.CCC(C)=O.CCCc1c(N2CC(C)CC(NC(=O)OC(C)(C)C)C2)ccnc1C.CCc1cc(F)c2nc(C)cn2c1. The third-order valence-corrected chi connectivity index (χ3v) is 7.06. The number of pyridine rings is 2. The number of piperidine rings is 1. The van der Waals surface area contributed by atoms with Crippen LogP contribution in [0.4, 0.5) is 14.9 Å². The van der Waals surface area contributed by atoms with Crippen LogP contribution in [-0.2, 0) is 22.4 Å². The van der Waals surface area contributed by atoms with Gasteiger partial charge >= 0.3 is 6.09 Å². The van der Waals surface area contributed by atoms with Crippen LogP contribution in [0.2, 0.25) is 0 Å². The molecule has 0 saturated carbocycles. The molecule has 1 aliphatic heterocycles. The fourth-order valence-corrected chi connectivity index (χ4v) is 4.99. The number of rotatable bonds is 6. The average Bonchev–Trinajstić information content (AvgIpc) is 3.35. The lowest BCUT2D eigenvalue weighted by Gasteiger charge is -2.39. The third-order valence-electron chi connectivity index (χ3n) is 7.06. The van der Waals surface area contributed by atoms with E-state index in [1.54, 1.807) is 17.4 Å². The second-order valence-corrected chi connectivity index (χ2v) is 12.5. The normalized spacial score (nSPS) is 15.9. The molecule has 1 saturated heterocycles. The van der Waals surface area contributed by atoms with Crippen molar-refractivity contribution in [2.75, 3.05) is 18.0 Å². The van der Waals surface area contributed by atoms with Gasteiger partial charge in [-0.3, -0.25) is 4.98 Å². The smallest absolute Gasteiger partial charge is 0.407 e. The lowest BCUT2D eigenvalue weighted by molar-refractivity contribution is -0.116. The first-order chi connectivity index (χ1) is 21.2. The number of imidazole rings is 1. The van der Waals surface area contributed by atoms with Gasteiger partial charge in [-0.05, 0) is 90.0 Å². The summed E-state index contributed by atoms with van der Waals surface area (Å²) in [6.45, 7) is 25.3. The summed E-state index contributed by atoms with van der Waals surface area (Å²) in [5.74, 6) is 0.522. The van der Waals surface area contributed by atoms with Crippen molar-refractivity contribution in [2.24, 2.45) is 5.92 Å². The molecule has 0 bridgehead atoms. The summed E-state index contributed by atoms with van der Waals surface area (Å²) in [5, 5.41) is 3.05. The van der Waals surface area contributed by atoms with Gasteiger partial charge in [-0.15, -0.1) is 0 Å². The predicted molar refractivity (Wildman–Crippen MR) is 184 cm³/mol. The summed E-state index contributed by atoms with van der Waals surface area (Å²) in [6, 6.07) is 3.75. The number of hydrogen-bond acceptors (Lipinski definition) is 6. The molecule has 9 heteroatoms. The van der Waals surface area contributed by atoms with Gasteiger partial charge in [-0.2, -0.15) is 0 Å². The van der Waals surface area contributed by atoms with Crippen LogP contribution in [-0.4, -0.2) is 51.0 Å². The van der Waals surface area contributed by atoms with Crippen LogP contribution in [0.15, 0.2) is 30.7 Å². The summed E-state index contributed by atoms with van der Waals surface area (Å²) in [6.07, 6.45) is 9.92. The predicted octanol–water partition coefficient (Wildman–Crippen LogP) is 8.44. The van der Waals surface area contributed by atoms with Gasteiger partial charge in [0.2, 0.25) is 0 Å². The maximum Gasteiger partial charge on any atom is 0.407 e. The van der Waals surface area contributed by atoms with Crippen molar-refractivity contribution in [3.05, 3.63) is 59.1 Å². The zero-order valence-corrected chi connectivity index (χ0v) is 29.9. The number of carbonyl (C=O) groups is 2. The number of nitrogens with zero attached hydrogens (tertiary/aromatic N) is 4. The number of hydrogen-bond donors (Lipinski definition) is 1. The first kappa shape index (κ1) is 39.5. The summed E-state index contributed by atoms with van der Waals surface area (Å²) in [5.41, 5.74) is 5.46. The molecule has 45 heavy (non-hydrogen) atoms. The molecule has 3 aromatic rings. The molecular weight excluding hydrogens is 569 g/mol. The molecule has 0 radical (unpaired) electrons. The highest BCUT2D eigenvalue weighted by atomic mass is 19.1. The van der Waals surface area contributed by atoms with Gasteiger partial charge in [0.05, 0.1) is 5.69 Å². The molecule has 1 fully saturated rings.